The number of nitrogens with one attached hydrogen (secondary N) is 3. The number of anilines is 1. The van der Waals surface area contributed by atoms with Crippen molar-refractivity contribution in [2.75, 3.05) is 5.32 Å². The number of furan rings is 1. The lowest BCUT2D eigenvalue weighted by molar-refractivity contribution is 0.102. The monoisotopic (exact) mass is 363 g/mol. The molecule has 7 heteroatoms. The van der Waals surface area contributed by atoms with Crippen LogP contribution in [0.1, 0.15) is 42.6 Å². The standard InChI is InChI=1S/C20H21N5O2/c1-11-12(9-16(27-11)20(2,3)4)19(26)24-15-10-21-25-17(15)18-22-13-7-5-6-8-14(13)23-18/h5-10H,1-4H3,(H,21,25)(H,22,23)(H,24,26). The zero-order valence-corrected chi connectivity index (χ0v) is 15.7. The number of benzene rings is 1. The lowest BCUT2D eigenvalue weighted by Gasteiger charge is -2.13. The second kappa shape index (κ2) is 6.12. The Bertz CT molecular complexity index is 1090. The highest BCUT2D eigenvalue weighted by Gasteiger charge is 2.24. The number of fused-ring (bicyclic) bond motifs is 1. The number of aromatic amines is 2. The molecule has 0 bridgehead atoms. The maximum Gasteiger partial charge on any atom is 0.259 e. The SMILES string of the molecule is Cc1oc(C(C)(C)C)cc1C(=O)Nc1cn[nH]c1-c1nc2ccccc2[nH]1. The highest BCUT2D eigenvalue weighted by Crippen LogP contribution is 2.29. The number of carbonyl (C=O) groups excluding carboxylic acids is 1. The Balaban J connectivity index is 1.64. The lowest BCUT2D eigenvalue weighted by Crippen LogP contribution is -2.13. The first-order valence-corrected chi connectivity index (χ1v) is 8.73. The molecule has 0 saturated carbocycles. The Morgan fingerprint density at radius 1 is 1.22 bits per heavy atom. The second-order valence-electron chi connectivity index (χ2n) is 7.55. The van der Waals surface area contributed by atoms with Gasteiger partial charge in [0.1, 0.15) is 17.2 Å². The van der Waals surface area contributed by atoms with E-state index in [9.17, 15) is 4.79 Å². The van der Waals surface area contributed by atoms with Crippen molar-refractivity contribution in [1.29, 1.82) is 0 Å². The number of amides is 1. The molecule has 7 nitrogen and oxygen atoms in total. The van der Waals surface area contributed by atoms with E-state index < -0.39 is 0 Å². The summed E-state index contributed by atoms with van der Waals surface area (Å²) in [6.07, 6.45) is 1.57. The van der Waals surface area contributed by atoms with Gasteiger partial charge in [0.15, 0.2) is 5.82 Å². The summed E-state index contributed by atoms with van der Waals surface area (Å²) in [5.74, 6) is 1.73. The molecule has 0 spiro atoms. The zero-order valence-electron chi connectivity index (χ0n) is 15.7. The third-order valence-corrected chi connectivity index (χ3v) is 4.42. The van der Waals surface area contributed by atoms with E-state index in [1.165, 1.54) is 0 Å². The van der Waals surface area contributed by atoms with Crippen LogP contribution in [0.2, 0.25) is 0 Å². The highest BCUT2D eigenvalue weighted by atomic mass is 16.3. The first kappa shape index (κ1) is 17.1. The van der Waals surface area contributed by atoms with Crippen LogP contribution in [0.25, 0.3) is 22.6 Å². The predicted molar refractivity (Wildman–Crippen MR) is 104 cm³/mol. The van der Waals surface area contributed by atoms with Crippen molar-refractivity contribution in [2.45, 2.75) is 33.1 Å². The van der Waals surface area contributed by atoms with Gasteiger partial charge < -0.3 is 14.7 Å². The van der Waals surface area contributed by atoms with Crippen LogP contribution in [0.15, 0.2) is 40.9 Å². The number of para-hydroxylation sites is 2. The van der Waals surface area contributed by atoms with Gasteiger partial charge in [0, 0.05) is 5.41 Å². The average Bonchev–Trinajstić information content (AvgIpc) is 3.30. The molecule has 4 aromatic rings. The van der Waals surface area contributed by atoms with E-state index in [4.69, 9.17) is 4.42 Å². The molecule has 0 radical (unpaired) electrons. The largest absolute Gasteiger partial charge is 0.465 e. The third kappa shape index (κ3) is 3.12. The summed E-state index contributed by atoms with van der Waals surface area (Å²) in [4.78, 5) is 20.6. The molecule has 0 saturated heterocycles. The van der Waals surface area contributed by atoms with Crippen LogP contribution in [0, 0.1) is 6.92 Å². The van der Waals surface area contributed by atoms with Crippen LogP contribution in [0.4, 0.5) is 5.69 Å². The molecular formula is C20H21N5O2. The highest BCUT2D eigenvalue weighted by molar-refractivity contribution is 6.06. The van der Waals surface area contributed by atoms with E-state index in [1.807, 2.05) is 45.0 Å². The minimum Gasteiger partial charge on any atom is -0.465 e. The number of hydrogen-bond donors (Lipinski definition) is 3. The molecule has 138 valence electrons. The number of rotatable bonds is 3. The molecule has 0 aliphatic carbocycles. The molecule has 3 heterocycles. The van der Waals surface area contributed by atoms with E-state index in [-0.39, 0.29) is 11.3 Å². The number of aromatic nitrogens is 4. The minimum atomic E-state index is -0.245. The number of aryl methyl sites for hydroxylation is 1. The van der Waals surface area contributed by atoms with Gasteiger partial charge in [0.25, 0.3) is 5.91 Å². The topological polar surface area (TPSA) is 99.6 Å². The summed E-state index contributed by atoms with van der Waals surface area (Å²) >= 11 is 0. The van der Waals surface area contributed by atoms with Gasteiger partial charge in [-0.15, -0.1) is 0 Å². The maximum atomic E-state index is 12.8. The summed E-state index contributed by atoms with van der Waals surface area (Å²) in [6.45, 7) is 7.92. The van der Waals surface area contributed by atoms with Crippen molar-refractivity contribution in [3.8, 4) is 11.5 Å². The fraction of sp³-hybridized carbons (Fsp3) is 0.250. The van der Waals surface area contributed by atoms with Crippen molar-refractivity contribution >= 4 is 22.6 Å². The molecule has 4 rings (SSSR count). The van der Waals surface area contributed by atoms with E-state index in [2.05, 4.69) is 25.5 Å². The maximum absolute atomic E-state index is 12.8. The molecule has 3 N–H and O–H groups in total. The average molecular weight is 363 g/mol. The Morgan fingerprint density at radius 2 is 2.00 bits per heavy atom. The zero-order chi connectivity index (χ0) is 19.2. The fourth-order valence-electron chi connectivity index (χ4n) is 2.90. The van der Waals surface area contributed by atoms with E-state index >= 15 is 0 Å². The Hall–Kier alpha value is -3.35. The van der Waals surface area contributed by atoms with Gasteiger partial charge >= 0.3 is 0 Å². The summed E-state index contributed by atoms with van der Waals surface area (Å²) in [7, 11) is 0. The van der Waals surface area contributed by atoms with Gasteiger partial charge in [-0.05, 0) is 25.1 Å². The molecule has 1 aromatic carbocycles. The molecule has 27 heavy (non-hydrogen) atoms. The fourth-order valence-corrected chi connectivity index (χ4v) is 2.90. The normalized spacial score (nSPS) is 11.9. The van der Waals surface area contributed by atoms with Crippen LogP contribution >= 0.6 is 0 Å². The Morgan fingerprint density at radius 3 is 2.70 bits per heavy atom. The summed E-state index contributed by atoms with van der Waals surface area (Å²) in [6, 6.07) is 9.53. The summed E-state index contributed by atoms with van der Waals surface area (Å²) < 4.78 is 5.77. The number of carbonyl (C=O) groups is 1. The van der Waals surface area contributed by atoms with Gasteiger partial charge in [0.05, 0.1) is 28.5 Å². The predicted octanol–water partition coefficient (Wildman–Crippen LogP) is 4.40. The van der Waals surface area contributed by atoms with Crippen LogP contribution < -0.4 is 5.32 Å². The third-order valence-electron chi connectivity index (χ3n) is 4.42. The number of imidazole rings is 1. The molecular weight excluding hydrogens is 342 g/mol. The van der Waals surface area contributed by atoms with Crippen LogP contribution in [-0.4, -0.2) is 26.1 Å². The summed E-state index contributed by atoms with van der Waals surface area (Å²) in [5, 5.41) is 9.86. The molecule has 1 amide bonds. The van der Waals surface area contributed by atoms with E-state index in [0.29, 0.717) is 28.5 Å². The van der Waals surface area contributed by atoms with Crippen molar-refractivity contribution < 1.29 is 9.21 Å². The van der Waals surface area contributed by atoms with E-state index in [1.54, 1.807) is 19.2 Å². The van der Waals surface area contributed by atoms with E-state index in [0.717, 1.165) is 16.8 Å². The van der Waals surface area contributed by atoms with Gasteiger partial charge in [0.2, 0.25) is 0 Å². The first-order valence-electron chi connectivity index (χ1n) is 8.73. The minimum absolute atomic E-state index is 0.168. The van der Waals surface area contributed by atoms with Crippen molar-refractivity contribution in [3.05, 3.63) is 53.6 Å². The molecule has 3 aromatic heterocycles. The second-order valence-corrected chi connectivity index (χ2v) is 7.55. The lowest BCUT2D eigenvalue weighted by atomic mass is 9.93. The quantitative estimate of drug-likeness (QED) is 0.502. The van der Waals surface area contributed by atoms with Crippen molar-refractivity contribution in [3.63, 3.8) is 0 Å². The van der Waals surface area contributed by atoms with Gasteiger partial charge in [-0.25, -0.2) is 4.98 Å². The van der Waals surface area contributed by atoms with Crippen molar-refractivity contribution in [1.82, 2.24) is 20.2 Å². The Labute approximate surface area is 156 Å². The van der Waals surface area contributed by atoms with Gasteiger partial charge in [-0.1, -0.05) is 32.9 Å². The smallest absolute Gasteiger partial charge is 0.259 e. The number of nitrogens with zero attached hydrogens (tertiary/aromatic N) is 2. The van der Waals surface area contributed by atoms with Crippen LogP contribution in [-0.2, 0) is 5.41 Å². The van der Waals surface area contributed by atoms with Crippen LogP contribution in [0.5, 0.6) is 0 Å². The molecule has 0 aliphatic heterocycles. The first-order chi connectivity index (χ1) is 12.8. The van der Waals surface area contributed by atoms with Crippen molar-refractivity contribution in [2.24, 2.45) is 0 Å². The number of H-pyrrole nitrogens is 2. The molecule has 0 aliphatic rings. The number of hydrogen-bond acceptors (Lipinski definition) is 4. The van der Waals surface area contributed by atoms with Crippen LogP contribution in [0.3, 0.4) is 0 Å². The molecule has 0 atom stereocenters. The van der Waals surface area contributed by atoms with Gasteiger partial charge in [-0.2, -0.15) is 5.10 Å². The Kier molecular flexibility index (Phi) is 3.87. The van der Waals surface area contributed by atoms with Gasteiger partial charge in [-0.3, -0.25) is 9.89 Å². The molecule has 0 fully saturated rings. The molecule has 0 unspecified atom stereocenters. The summed E-state index contributed by atoms with van der Waals surface area (Å²) in [5.41, 5.74) is 3.28.